The normalized spacial score (nSPS) is 13.8. The summed E-state index contributed by atoms with van der Waals surface area (Å²) in [7, 11) is 0. The van der Waals surface area contributed by atoms with Crippen LogP contribution in [-0.4, -0.2) is 41.2 Å². The Morgan fingerprint density at radius 1 is 0.833 bits per heavy atom. The van der Waals surface area contributed by atoms with Crippen LogP contribution in [0.1, 0.15) is 31.8 Å². The minimum Gasteiger partial charge on any atom is -0.454 e. The number of rotatable bonds is 7. The summed E-state index contributed by atoms with van der Waals surface area (Å²) >= 11 is 0. The SMILES string of the molecule is O=C(COC(=O)[C@H](Cc1ccccc1)N1C(=O)c2ccccc2C1=O)Nc1ccccc1C(F)(F)F. The van der Waals surface area contributed by atoms with Crippen LogP contribution in [0.3, 0.4) is 0 Å². The molecule has 0 spiro atoms. The third-order valence-corrected chi connectivity index (χ3v) is 5.53. The van der Waals surface area contributed by atoms with E-state index in [-0.39, 0.29) is 17.5 Å². The molecule has 7 nitrogen and oxygen atoms in total. The highest BCUT2D eigenvalue weighted by atomic mass is 19.4. The minimum absolute atomic E-state index is 0.0797. The quantitative estimate of drug-likeness (QED) is 0.393. The van der Waals surface area contributed by atoms with Crippen LogP contribution in [-0.2, 0) is 26.9 Å². The largest absolute Gasteiger partial charge is 0.454 e. The van der Waals surface area contributed by atoms with Gasteiger partial charge in [0.05, 0.1) is 22.4 Å². The molecule has 3 aromatic carbocycles. The Morgan fingerprint density at radius 3 is 2.00 bits per heavy atom. The molecule has 3 amide bonds. The molecule has 1 N–H and O–H groups in total. The molecule has 3 aromatic rings. The van der Waals surface area contributed by atoms with Crippen LogP contribution in [0.25, 0.3) is 0 Å². The van der Waals surface area contributed by atoms with Crippen LogP contribution in [0.15, 0.2) is 78.9 Å². The van der Waals surface area contributed by atoms with Crippen LogP contribution >= 0.6 is 0 Å². The zero-order chi connectivity index (χ0) is 25.9. The number of carbonyl (C=O) groups excluding carboxylic acids is 4. The lowest BCUT2D eigenvalue weighted by molar-refractivity contribution is -0.151. The van der Waals surface area contributed by atoms with Crippen LogP contribution < -0.4 is 5.32 Å². The van der Waals surface area contributed by atoms with E-state index < -0.39 is 53.8 Å². The van der Waals surface area contributed by atoms with Gasteiger partial charge in [-0.2, -0.15) is 13.2 Å². The number of halogens is 3. The Hall–Kier alpha value is -4.47. The molecular formula is C26H19F3N2O5. The molecule has 0 saturated carbocycles. The summed E-state index contributed by atoms with van der Waals surface area (Å²) in [6, 6.07) is 17.6. The summed E-state index contributed by atoms with van der Waals surface area (Å²) in [5, 5.41) is 2.08. The Balaban J connectivity index is 1.51. The van der Waals surface area contributed by atoms with Gasteiger partial charge in [-0.25, -0.2) is 4.79 Å². The molecule has 36 heavy (non-hydrogen) atoms. The molecule has 0 aromatic heterocycles. The maximum atomic E-state index is 13.2. The van der Waals surface area contributed by atoms with Gasteiger partial charge in [-0.05, 0) is 29.8 Å². The van der Waals surface area contributed by atoms with Gasteiger partial charge in [0, 0.05) is 6.42 Å². The molecule has 184 valence electrons. The number of esters is 1. The molecule has 4 rings (SSSR count). The number of carbonyl (C=O) groups is 4. The van der Waals surface area contributed by atoms with Gasteiger partial charge in [0.15, 0.2) is 6.61 Å². The van der Waals surface area contributed by atoms with Crippen molar-refractivity contribution in [3.8, 4) is 0 Å². The van der Waals surface area contributed by atoms with Crippen molar-refractivity contribution in [3.63, 3.8) is 0 Å². The highest BCUT2D eigenvalue weighted by molar-refractivity contribution is 6.22. The van der Waals surface area contributed by atoms with E-state index in [1.54, 1.807) is 42.5 Å². The first kappa shape index (κ1) is 24.6. The third kappa shape index (κ3) is 5.12. The van der Waals surface area contributed by atoms with Crippen molar-refractivity contribution in [2.24, 2.45) is 0 Å². The lowest BCUT2D eigenvalue weighted by Gasteiger charge is -2.24. The van der Waals surface area contributed by atoms with E-state index in [0.29, 0.717) is 5.56 Å². The van der Waals surface area contributed by atoms with Crippen molar-refractivity contribution in [2.45, 2.75) is 18.6 Å². The fourth-order valence-electron chi connectivity index (χ4n) is 3.87. The zero-order valence-electron chi connectivity index (χ0n) is 18.6. The number of hydrogen-bond acceptors (Lipinski definition) is 5. The predicted molar refractivity (Wildman–Crippen MR) is 122 cm³/mol. The standard InChI is InChI=1S/C26H19F3N2O5/c27-26(28,29)19-12-6-7-13-20(19)30-22(32)15-36-25(35)21(14-16-8-2-1-3-9-16)31-23(33)17-10-4-5-11-18(17)24(31)34/h1-13,21H,14-15H2,(H,30,32)/t21-/m0/s1. The number of nitrogens with one attached hydrogen (secondary N) is 1. The number of amides is 3. The molecule has 0 radical (unpaired) electrons. The lowest BCUT2D eigenvalue weighted by atomic mass is 10.0. The van der Waals surface area contributed by atoms with Crippen molar-refractivity contribution in [1.29, 1.82) is 0 Å². The second-order valence-corrected chi connectivity index (χ2v) is 7.93. The van der Waals surface area contributed by atoms with E-state index in [0.717, 1.165) is 17.0 Å². The first-order chi connectivity index (χ1) is 17.2. The van der Waals surface area contributed by atoms with Gasteiger partial charge in [0.1, 0.15) is 6.04 Å². The van der Waals surface area contributed by atoms with Gasteiger partial charge in [0.2, 0.25) is 0 Å². The number of fused-ring (bicyclic) bond motifs is 1. The minimum atomic E-state index is -4.70. The summed E-state index contributed by atoms with van der Waals surface area (Å²) in [5.74, 6) is -3.43. The van der Waals surface area contributed by atoms with Gasteiger partial charge in [-0.15, -0.1) is 0 Å². The van der Waals surface area contributed by atoms with Gasteiger partial charge in [-0.1, -0.05) is 54.6 Å². The summed E-state index contributed by atoms with van der Waals surface area (Å²) in [5.41, 5.74) is -0.658. The molecule has 10 heteroatoms. The summed E-state index contributed by atoms with van der Waals surface area (Å²) in [4.78, 5) is 52.1. The van der Waals surface area contributed by atoms with E-state index in [9.17, 15) is 32.3 Å². The Bertz CT molecular complexity index is 1290. The van der Waals surface area contributed by atoms with Gasteiger partial charge < -0.3 is 10.1 Å². The number of nitrogens with zero attached hydrogens (tertiary/aromatic N) is 1. The maximum absolute atomic E-state index is 13.2. The van der Waals surface area contributed by atoms with Crippen LogP contribution in [0, 0.1) is 0 Å². The number of ether oxygens (including phenoxy) is 1. The second kappa shape index (κ2) is 10.0. The maximum Gasteiger partial charge on any atom is 0.418 e. The topological polar surface area (TPSA) is 92.8 Å². The first-order valence-electron chi connectivity index (χ1n) is 10.8. The van der Waals surface area contributed by atoms with Crippen molar-refractivity contribution in [3.05, 3.63) is 101 Å². The lowest BCUT2D eigenvalue weighted by Crippen LogP contribution is -2.47. The monoisotopic (exact) mass is 496 g/mol. The number of para-hydroxylation sites is 1. The number of alkyl halides is 3. The molecule has 0 aliphatic carbocycles. The van der Waals surface area contributed by atoms with E-state index in [2.05, 4.69) is 5.32 Å². The third-order valence-electron chi connectivity index (χ3n) is 5.53. The summed E-state index contributed by atoms with van der Waals surface area (Å²) in [6.45, 7) is -0.917. The number of benzene rings is 3. The average Bonchev–Trinajstić information content (AvgIpc) is 3.11. The molecule has 1 heterocycles. The number of imide groups is 1. The molecular weight excluding hydrogens is 477 g/mol. The zero-order valence-corrected chi connectivity index (χ0v) is 18.6. The highest BCUT2D eigenvalue weighted by Crippen LogP contribution is 2.34. The van der Waals surface area contributed by atoms with Crippen molar-refractivity contribution in [2.75, 3.05) is 11.9 Å². The second-order valence-electron chi connectivity index (χ2n) is 7.93. The van der Waals surface area contributed by atoms with Crippen molar-refractivity contribution < 1.29 is 37.1 Å². The van der Waals surface area contributed by atoms with Crippen LogP contribution in [0.4, 0.5) is 18.9 Å². The summed E-state index contributed by atoms with van der Waals surface area (Å²) < 4.78 is 44.6. The number of hydrogen-bond donors (Lipinski definition) is 1. The van der Waals surface area contributed by atoms with E-state index in [4.69, 9.17) is 4.74 Å². The van der Waals surface area contributed by atoms with Crippen molar-refractivity contribution >= 4 is 29.4 Å². The molecule has 1 atom stereocenters. The van der Waals surface area contributed by atoms with Gasteiger partial charge >= 0.3 is 12.1 Å². The molecule has 0 saturated heterocycles. The molecule has 0 bridgehead atoms. The Kier molecular flexibility index (Phi) is 6.86. The smallest absolute Gasteiger partial charge is 0.418 e. The highest BCUT2D eigenvalue weighted by Gasteiger charge is 2.43. The summed E-state index contributed by atoms with van der Waals surface area (Å²) in [6.07, 6.45) is -4.78. The van der Waals surface area contributed by atoms with E-state index in [1.807, 2.05) is 0 Å². The predicted octanol–water partition coefficient (Wildman–Crippen LogP) is 4.09. The van der Waals surface area contributed by atoms with Crippen LogP contribution in [0.5, 0.6) is 0 Å². The van der Waals surface area contributed by atoms with Gasteiger partial charge in [0.25, 0.3) is 17.7 Å². The van der Waals surface area contributed by atoms with E-state index in [1.165, 1.54) is 24.3 Å². The molecule has 0 fully saturated rings. The Morgan fingerprint density at radius 2 is 1.39 bits per heavy atom. The fraction of sp³-hybridized carbons (Fsp3) is 0.154. The van der Waals surface area contributed by atoms with Gasteiger partial charge in [-0.3, -0.25) is 19.3 Å². The fourth-order valence-corrected chi connectivity index (χ4v) is 3.87. The molecule has 1 aliphatic heterocycles. The molecule has 0 unspecified atom stereocenters. The molecule has 1 aliphatic rings. The van der Waals surface area contributed by atoms with Crippen molar-refractivity contribution in [1.82, 2.24) is 4.90 Å². The average molecular weight is 496 g/mol. The van der Waals surface area contributed by atoms with Crippen LogP contribution in [0.2, 0.25) is 0 Å². The number of anilines is 1. The van der Waals surface area contributed by atoms with E-state index >= 15 is 0 Å². The Labute approximate surface area is 203 Å². The first-order valence-corrected chi connectivity index (χ1v) is 10.8.